The van der Waals surface area contributed by atoms with Crippen molar-refractivity contribution in [3.63, 3.8) is 0 Å². The minimum atomic E-state index is -1.02. The van der Waals surface area contributed by atoms with Gasteiger partial charge in [-0.1, -0.05) is 28.1 Å². The maximum absolute atomic E-state index is 13.8. The summed E-state index contributed by atoms with van der Waals surface area (Å²) in [5, 5.41) is 0. The summed E-state index contributed by atoms with van der Waals surface area (Å²) in [5.74, 6) is -3.80. The molecule has 0 spiro atoms. The molecule has 0 aliphatic rings. The molecule has 0 unspecified atom stereocenters. The Labute approximate surface area is 126 Å². The van der Waals surface area contributed by atoms with Crippen molar-refractivity contribution >= 4 is 33.1 Å². The molecule has 0 amide bonds. The van der Waals surface area contributed by atoms with Crippen LogP contribution in [-0.2, 0) is 0 Å². The van der Waals surface area contributed by atoms with Gasteiger partial charge in [-0.3, -0.25) is 0 Å². The standard InChI is InChI=1S/C13H7BrF3NOS/c14-7-1-2-11(8(15)5-7)19-12-9(16)3-6(13(18)20)4-10(12)17/h1-5H,(H2,18,20). The average Bonchev–Trinajstić information content (AvgIpc) is 2.35. The van der Waals surface area contributed by atoms with Crippen molar-refractivity contribution in [3.05, 3.63) is 57.8 Å². The lowest BCUT2D eigenvalue weighted by atomic mass is 10.2. The summed E-state index contributed by atoms with van der Waals surface area (Å²) in [5.41, 5.74) is 5.31. The maximum atomic E-state index is 13.8. The number of thiocarbonyl (C=S) groups is 1. The highest BCUT2D eigenvalue weighted by molar-refractivity contribution is 9.10. The van der Waals surface area contributed by atoms with E-state index < -0.39 is 23.2 Å². The first-order chi connectivity index (χ1) is 9.38. The second kappa shape index (κ2) is 5.80. The molecule has 0 aliphatic carbocycles. The molecule has 0 fully saturated rings. The van der Waals surface area contributed by atoms with Crippen LogP contribution in [0.15, 0.2) is 34.8 Å². The third kappa shape index (κ3) is 3.10. The van der Waals surface area contributed by atoms with Gasteiger partial charge < -0.3 is 10.5 Å². The third-order valence-electron chi connectivity index (χ3n) is 2.39. The van der Waals surface area contributed by atoms with Gasteiger partial charge in [-0.05, 0) is 30.3 Å². The Bertz CT molecular complexity index is 670. The zero-order chi connectivity index (χ0) is 14.9. The van der Waals surface area contributed by atoms with Crippen molar-refractivity contribution < 1.29 is 17.9 Å². The molecule has 7 heteroatoms. The molecule has 0 atom stereocenters. The van der Waals surface area contributed by atoms with Gasteiger partial charge in [0.25, 0.3) is 0 Å². The Balaban J connectivity index is 2.41. The van der Waals surface area contributed by atoms with E-state index in [1.807, 2.05) is 0 Å². The van der Waals surface area contributed by atoms with Crippen LogP contribution in [0.3, 0.4) is 0 Å². The van der Waals surface area contributed by atoms with Crippen molar-refractivity contribution in [2.45, 2.75) is 0 Å². The van der Waals surface area contributed by atoms with Gasteiger partial charge in [-0.15, -0.1) is 0 Å². The van der Waals surface area contributed by atoms with Crippen LogP contribution in [0.2, 0.25) is 0 Å². The van der Waals surface area contributed by atoms with Crippen LogP contribution in [0.4, 0.5) is 13.2 Å². The molecule has 2 aromatic rings. The van der Waals surface area contributed by atoms with Gasteiger partial charge in [0, 0.05) is 10.0 Å². The Morgan fingerprint density at radius 3 is 2.15 bits per heavy atom. The van der Waals surface area contributed by atoms with E-state index in [1.165, 1.54) is 12.1 Å². The number of hydrogen-bond acceptors (Lipinski definition) is 2. The molecule has 0 aliphatic heterocycles. The molecule has 2 N–H and O–H groups in total. The number of benzene rings is 2. The molecule has 0 saturated heterocycles. The highest BCUT2D eigenvalue weighted by Crippen LogP contribution is 2.31. The van der Waals surface area contributed by atoms with Crippen molar-refractivity contribution in [1.29, 1.82) is 0 Å². The molecule has 2 aromatic carbocycles. The monoisotopic (exact) mass is 361 g/mol. The SMILES string of the molecule is NC(=S)c1cc(F)c(Oc2ccc(Br)cc2F)c(F)c1. The second-order valence-electron chi connectivity index (χ2n) is 3.81. The van der Waals surface area contributed by atoms with E-state index in [2.05, 4.69) is 28.1 Å². The fourth-order valence-corrected chi connectivity index (χ4v) is 1.92. The number of nitrogens with two attached hydrogens (primary N) is 1. The van der Waals surface area contributed by atoms with Crippen molar-refractivity contribution in [1.82, 2.24) is 0 Å². The quantitative estimate of drug-likeness (QED) is 0.828. The predicted octanol–water partition coefficient (Wildman–Crippen LogP) is 4.29. The largest absolute Gasteiger partial charge is 0.448 e. The molecule has 0 heterocycles. The van der Waals surface area contributed by atoms with Crippen LogP contribution in [0, 0.1) is 17.5 Å². The summed E-state index contributed by atoms with van der Waals surface area (Å²) >= 11 is 7.69. The van der Waals surface area contributed by atoms with Crippen LogP contribution < -0.4 is 10.5 Å². The van der Waals surface area contributed by atoms with Gasteiger partial charge in [-0.2, -0.15) is 0 Å². The summed E-state index contributed by atoms with van der Waals surface area (Å²) in [6.45, 7) is 0. The fourth-order valence-electron chi connectivity index (χ4n) is 1.47. The molecule has 0 saturated carbocycles. The van der Waals surface area contributed by atoms with E-state index in [-0.39, 0.29) is 16.3 Å². The summed E-state index contributed by atoms with van der Waals surface area (Å²) in [6, 6.07) is 5.71. The Kier molecular flexibility index (Phi) is 4.29. The number of rotatable bonds is 3. The summed E-state index contributed by atoms with van der Waals surface area (Å²) < 4.78 is 46.5. The van der Waals surface area contributed by atoms with Crippen molar-refractivity contribution in [2.24, 2.45) is 5.73 Å². The van der Waals surface area contributed by atoms with E-state index in [9.17, 15) is 13.2 Å². The van der Waals surface area contributed by atoms with Gasteiger partial charge in [0.05, 0.1) is 0 Å². The van der Waals surface area contributed by atoms with Crippen LogP contribution in [0.1, 0.15) is 5.56 Å². The van der Waals surface area contributed by atoms with Gasteiger partial charge in [0.15, 0.2) is 29.0 Å². The minimum Gasteiger partial charge on any atom is -0.448 e. The zero-order valence-electron chi connectivity index (χ0n) is 9.79. The molecule has 0 bridgehead atoms. The first kappa shape index (κ1) is 14.8. The highest BCUT2D eigenvalue weighted by atomic mass is 79.9. The maximum Gasteiger partial charge on any atom is 0.198 e. The topological polar surface area (TPSA) is 35.2 Å². The van der Waals surface area contributed by atoms with E-state index in [1.54, 1.807) is 0 Å². The first-order valence-corrected chi connectivity index (χ1v) is 6.50. The van der Waals surface area contributed by atoms with Crippen LogP contribution in [0.5, 0.6) is 11.5 Å². The third-order valence-corrected chi connectivity index (χ3v) is 3.12. The van der Waals surface area contributed by atoms with Crippen molar-refractivity contribution in [2.75, 3.05) is 0 Å². The highest BCUT2D eigenvalue weighted by Gasteiger charge is 2.16. The molecule has 2 nitrogen and oxygen atoms in total. The van der Waals surface area contributed by atoms with Gasteiger partial charge >= 0.3 is 0 Å². The number of halogens is 4. The summed E-state index contributed by atoms with van der Waals surface area (Å²) in [7, 11) is 0. The molecule has 2 rings (SSSR count). The molecule has 20 heavy (non-hydrogen) atoms. The average molecular weight is 362 g/mol. The number of hydrogen-bond donors (Lipinski definition) is 1. The Hall–Kier alpha value is -1.60. The van der Waals surface area contributed by atoms with E-state index >= 15 is 0 Å². The Morgan fingerprint density at radius 1 is 1.05 bits per heavy atom. The second-order valence-corrected chi connectivity index (χ2v) is 5.17. The molecule has 104 valence electrons. The normalized spacial score (nSPS) is 10.4. The van der Waals surface area contributed by atoms with Crippen LogP contribution >= 0.6 is 28.1 Å². The van der Waals surface area contributed by atoms with Crippen molar-refractivity contribution in [3.8, 4) is 11.5 Å². The molecule has 0 radical (unpaired) electrons. The first-order valence-electron chi connectivity index (χ1n) is 5.30. The summed E-state index contributed by atoms with van der Waals surface area (Å²) in [4.78, 5) is -0.149. The lowest BCUT2D eigenvalue weighted by Crippen LogP contribution is -2.10. The van der Waals surface area contributed by atoms with E-state index in [0.29, 0.717) is 4.47 Å². The number of ether oxygens (including phenoxy) is 1. The minimum absolute atomic E-state index is 0.0265. The van der Waals surface area contributed by atoms with Crippen LogP contribution in [0.25, 0.3) is 0 Å². The summed E-state index contributed by atoms with van der Waals surface area (Å²) in [6.07, 6.45) is 0. The fraction of sp³-hybridized carbons (Fsp3) is 0. The smallest absolute Gasteiger partial charge is 0.198 e. The van der Waals surface area contributed by atoms with Gasteiger partial charge in [0.2, 0.25) is 0 Å². The Morgan fingerprint density at radius 2 is 1.65 bits per heavy atom. The zero-order valence-corrected chi connectivity index (χ0v) is 12.2. The van der Waals surface area contributed by atoms with Crippen LogP contribution in [-0.4, -0.2) is 4.99 Å². The van der Waals surface area contributed by atoms with E-state index in [4.69, 9.17) is 10.5 Å². The molecule has 0 aromatic heterocycles. The van der Waals surface area contributed by atoms with Gasteiger partial charge in [0.1, 0.15) is 4.99 Å². The molecular weight excluding hydrogens is 355 g/mol. The lowest BCUT2D eigenvalue weighted by Gasteiger charge is -2.10. The predicted molar refractivity (Wildman–Crippen MR) is 76.4 cm³/mol. The van der Waals surface area contributed by atoms with E-state index in [0.717, 1.165) is 18.2 Å². The molecular formula is C13H7BrF3NOS. The van der Waals surface area contributed by atoms with Gasteiger partial charge in [-0.25, -0.2) is 13.2 Å². The lowest BCUT2D eigenvalue weighted by molar-refractivity contribution is 0.387.